The van der Waals surface area contributed by atoms with Gasteiger partial charge in [-0.05, 0) is 52.2 Å². The zero-order valence-corrected chi connectivity index (χ0v) is 13.8. The van der Waals surface area contributed by atoms with Gasteiger partial charge in [-0.2, -0.15) is 0 Å². The topological polar surface area (TPSA) is 36.9 Å². The minimum atomic E-state index is -4.81. The van der Waals surface area contributed by atoms with Crippen LogP contribution in [0, 0.1) is 0 Å². The molecule has 1 aromatic rings. The number of rotatable bonds is 4. The lowest BCUT2D eigenvalue weighted by atomic mass is 9.79. The first-order valence-corrected chi connectivity index (χ1v) is 7.33. The maximum absolute atomic E-state index is 12.6. The van der Waals surface area contributed by atoms with Crippen molar-refractivity contribution in [1.29, 1.82) is 0 Å². The molecule has 0 bridgehead atoms. The molecular formula is C15H20BF3O4. The molecule has 23 heavy (non-hydrogen) atoms. The van der Waals surface area contributed by atoms with Crippen LogP contribution in [-0.2, 0) is 9.31 Å². The number of hydrogen-bond acceptors (Lipinski definition) is 4. The summed E-state index contributed by atoms with van der Waals surface area (Å²) in [7, 11) is -0.772. The normalized spacial score (nSPS) is 19.7. The molecule has 8 heteroatoms. The molecule has 1 saturated heterocycles. The van der Waals surface area contributed by atoms with E-state index in [1.807, 2.05) is 27.7 Å². The van der Waals surface area contributed by atoms with Gasteiger partial charge in [0.2, 0.25) is 0 Å². The van der Waals surface area contributed by atoms with E-state index in [2.05, 4.69) is 4.74 Å². The summed E-state index contributed by atoms with van der Waals surface area (Å²) in [5.74, 6) is -0.392. The van der Waals surface area contributed by atoms with Gasteiger partial charge in [-0.15, -0.1) is 13.2 Å². The summed E-state index contributed by atoms with van der Waals surface area (Å²) in [6.07, 6.45) is -4.81. The molecule has 4 nitrogen and oxygen atoms in total. The molecular weight excluding hydrogens is 312 g/mol. The van der Waals surface area contributed by atoms with Crippen LogP contribution in [0.3, 0.4) is 0 Å². The standard InChI is InChI=1S/C15H20BF3O4/c1-6-20-11-8-7-10(9-12(11)21-15(17,18)19)16-22-13(2,3)14(4,5)23-16/h7-9H,6H2,1-5H3. The molecule has 1 aromatic carbocycles. The monoisotopic (exact) mass is 332 g/mol. The zero-order valence-electron chi connectivity index (χ0n) is 13.8. The smallest absolute Gasteiger partial charge is 0.490 e. The van der Waals surface area contributed by atoms with Gasteiger partial charge >= 0.3 is 13.5 Å². The van der Waals surface area contributed by atoms with Crippen LogP contribution in [0.1, 0.15) is 34.6 Å². The highest BCUT2D eigenvalue weighted by Crippen LogP contribution is 2.37. The molecule has 0 radical (unpaired) electrons. The fraction of sp³-hybridized carbons (Fsp3) is 0.600. The van der Waals surface area contributed by atoms with Gasteiger partial charge < -0.3 is 18.8 Å². The Kier molecular flexibility index (Phi) is 4.61. The molecule has 0 N–H and O–H groups in total. The Labute approximate surface area is 134 Å². The van der Waals surface area contributed by atoms with Gasteiger partial charge in [-0.1, -0.05) is 6.07 Å². The molecule has 0 atom stereocenters. The van der Waals surface area contributed by atoms with Crippen molar-refractivity contribution >= 4 is 12.6 Å². The summed E-state index contributed by atoms with van der Waals surface area (Å²) in [5, 5.41) is 0. The van der Waals surface area contributed by atoms with Crippen molar-refractivity contribution < 1.29 is 32.0 Å². The SMILES string of the molecule is CCOc1ccc(B2OC(C)(C)C(C)(C)O2)cc1OC(F)(F)F. The Hall–Kier alpha value is -1.41. The molecule has 2 rings (SSSR count). The van der Waals surface area contributed by atoms with E-state index < -0.39 is 30.4 Å². The largest absolute Gasteiger partial charge is 0.573 e. The molecule has 1 aliphatic rings. The van der Waals surface area contributed by atoms with E-state index in [9.17, 15) is 13.2 Å². The number of alkyl halides is 3. The molecule has 0 spiro atoms. The second kappa shape index (κ2) is 5.90. The molecule has 0 saturated carbocycles. The third-order valence-corrected chi connectivity index (χ3v) is 4.02. The van der Waals surface area contributed by atoms with E-state index >= 15 is 0 Å². The first-order valence-electron chi connectivity index (χ1n) is 7.33. The van der Waals surface area contributed by atoms with Crippen molar-refractivity contribution in [3.8, 4) is 11.5 Å². The maximum atomic E-state index is 12.6. The van der Waals surface area contributed by atoms with E-state index in [-0.39, 0.29) is 12.4 Å². The molecule has 0 unspecified atom stereocenters. The summed E-state index contributed by atoms with van der Waals surface area (Å²) in [5.41, 5.74) is -0.728. The number of ether oxygens (including phenoxy) is 2. The average molecular weight is 332 g/mol. The van der Waals surface area contributed by atoms with Crippen LogP contribution in [0.15, 0.2) is 18.2 Å². The lowest BCUT2D eigenvalue weighted by molar-refractivity contribution is -0.275. The van der Waals surface area contributed by atoms with Crippen LogP contribution in [0.2, 0.25) is 0 Å². The Morgan fingerprint density at radius 2 is 1.61 bits per heavy atom. The van der Waals surface area contributed by atoms with Crippen LogP contribution >= 0.6 is 0 Å². The average Bonchev–Trinajstić information content (AvgIpc) is 2.59. The van der Waals surface area contributed by atoms with Crippen LogP contribution in [0.4, 0.5) is 13.2 Å². The number of benzene rings is 1. The first-order chi connectivity index (χ1) is 10.5. The fourth-order valence-electron chi connectivity index (χ4n) is 2.13. The third kappa shape index (κ3) is 3.92. The highest BCUT2D eigenvalue weighted by atomic mass is 19.4. The molecule has 0 aromatic heterocycles. The van der Waals surface area contributed by atoms with Crippen LogP contribution in [0.5, 0.6) is 11.5 Å². The molecule has 0 aliphatic carbocycles. The summed E-state index contributed by atoms with van der Waals surface area (Å²) < 4.78 is 58.6. The van der Waals surface area contributed by atoms with Gasteiger partial charge in [-0.3, -0.25) is 0 Å². The van der Waals surface area contributed by atoms with E-state index in [0.29, 0.717) is 5.46 Å². The summed E-state index contributed by atoms with van der Waals surface area (Å²) in [6.45, 7) is 9.39. The Bertz CT molecular complexity index is 556. The van der Waals surface area contributed by atoms with Crippen LogP contribution < -0.4 is 14.9 Å². The number of hydrogen-bond donors (Lipinski definition) is 0. The molecule has 1 aliphatic heterocycles. The summed E-state index contributed by atoms with van der Waals surface area (Å²) in [4.78, 5) is 0. The first kappa shape index (κ1) is 17.9. The lowest BCUT2D eigenvalue weighted by Gasteiger charge is -2.32. The van der Waals surface area contributed by atoms with Gasteiger partial charge in [-0.25, -0.2) is 0 Å². The van der Waals surface area contributed by atoms with Crippen LogP contribution in [-0.4, -0.2) is 31.3 Å². The maximum Gasteiger partial charge on any atom is 0.573 e. The van der Waals surface area contributed by atoms with Crippen molar-refractivity contribution in [1.82, 2.24) is 0 Å². The summed E-state index contributed by atoms with van der Waals surface area (Å²) >= 11 is 0. The lowest BCUT2D eigenvalue weighted by Crippen LogP contribution is -2.41. The van der Waals surface area contributed by atoms with Gasteiger partial charge in [0.15, 0.2) is 11.5 Å². The van der Waals surface area contributed by atoms with Crippen LogP contribution in [0.25, 0.3) is 0 Å². The van der Waals surface area contributed by atoms with E-state index in [1.165, 1.54) is 12.1 Å². The predicted octanol–water partition coefficient (Wildman–Crippen LogP) is 3.28. The highest BCUT2D eigenvalue weighted by Gasteiger charge is 2.52. The highest BCUT2D eigenvalue weighted by molar-refractivity contribution is 6.62. The molecule has 0 amide bonds. The molecule has 1 fully saturated rings. The zero-order chi connectivity index (χ0) is 17.5. The minimum Gasteiger partial charge on any atom is -0.490 e. The minimum absolute atomic E-state index is 0.0186. The Morgan fingerprint density at radius 3 is 2.09 bits per heavy atom. The van der Waals surface area contributed by atoms with Gasteiger partial charge in [0, 0.05) is 0 Å². The quantitative estimate of drug-likeness (QED) is 0.793. The van der Waals surface area contributed by atoms with Crippen molar-refractivity contribution in [2.75, 3.05) is 6.61 Å². The second-order valence-corrected chi connectivity index (χ2v) is 6.28. The van der Waals surface area contributed by atoms with Gasteiger partial charge in [0.05, 0.1) is 17.8 Å². The van der Waals surface area contributed by atoms with Gasteiger partial charge in [0.1, 0.15) is 0 Å². The summed E-state index contributed by atoms with van der Waals surface area (Å²) in [6, 6.07) is 4.27. The predicted molar refractivity (Wildman–Crippen MR) is 80.0 cm³/mol. The van der Waals surface area contributed by atoms with E-state index in [1.54, 1.807) is 13.0 Å². The van der Waals surface area contributed by atoms with Crippen molar-refractivity contribution in [3.05, 3.63) is 18.2 Å². The Morgan fingerprint density at radius 1 is 1.04 bits per heavy atom. The second-order valence-electron chi connectivity index (χ2n) is 6.28. The van der Waals surface area contributed by atoms with Gasteiger partial charge in [0.25, 0.3) is 0 Å². The van der Waals surface area contributed by atoms with Crippen molar-refractivity contribution in [3.63, 3.8) is 0 Å². The Balaban J connectivity index is 2.32. The van der Waals surface area contributed by atoms with E-state index in [0.717, 1.165) is 0 Å². The fourth-order valence-corrected chi connectivity index (χ4v) is 2.13. The molecule has 128 valence electrons. The third-order valence-electron chi connectivity index (χ3n) is 4.02. The molecule has 1 heterocycles. The van der Waals surface area contributed by atoms with E-state index in [4.69, 9.17) is 14.0 Å². The van der Waals surface area contributed by atoms with Crippen molar-refractivity contribution in [2.45, 2.75) is 52.2 Å². The van der Waals surface area contributed by atoms with Crippen molar-refractivity contribution in [2.24, 2.45) is 0 Å². The number of halogens is 3.